The van der Waals surface area contributed by atoms with Crippen LogP contribution in [-0.4, -0.2) is 26.8 Å². The molecule has 0 saturated carbocycles. The highest BCUT2D eigenvalue weighted by molar-refractivity contribution is 7.99. The average molecular weight is 408 g/mol. The summed E-state index contributed by atoms with van der Waals surface area (Å²) in [6, 6.07) is 0. The molecule has 0 fully saturated rings. The van der Waals surface area contributed by atoms with Crippen molar-refractivity contribution in [3.63, 3.8) is 0 Å². The summed E-state index contributed by atoms with van der Waals surface area (Å²) >= 11 is 3.01. The third kappa shape index (κ3) is 4.24. The molecule has 0 aromatic carbocycles. The molecule has 2 heterocycles. The van der Waals surface area contributed by atoms with Gasteiger partial charge in [-0.3, -0.25) is 14.2 Å². The highest BCUT2D eigenvalue weighted by Crippen LogP contribution is 2.36. The molecular formula is C20H29N3O2S2. The first kappa shape index (κ1) is 20.4. The number of hydrogen-bond donors (Lipinski definition) is 1. The van der Waals surface area contributed by atoms with Crippen LogP contribution in [0.2, 0.25) is 0 Å². The fraction of sp³-hybridized carbons (Fsp3) is 0.650. The van der Waals surface area contributed by atoms with E-state index < -0.39 is 0 Å². The van der Waals surface area contributed by atoms with Crippen LogP contribution in [0.5, 0.6) is 0 Å². The van der Waals surface area contributed by atoms with E-state index in [9.17, 15) is 9.59 Å². The molecule has 1 amide bonds. The summed E-state index contributed by atoms with van der Waals surface area (Å²) < 4.78 is 1.72. The number of aryl methyl sites for hydroxylation is 1. The van der Waals surface area contributed by atoms with Crippen LogP contribution in [0.25, 0.3) is 10.2 Å². The number of carbonyl (C=O) groups is 1. The Morgan fingerprint density at radius 1 is 1.41 bits per heavy atom. The molecule has 148 valence electrons. The Labute approximate surface area is 169 Å². The van der Waals surface area contributed by atoms with Gasteiger partial charge >= 0.3 is 0 Å². The SMILES string of the molecule is CCn1c(SCC(=O)NC(C)(C)CC)nc2sc3c(c2c1=O)CCC(C)C3. The standard InChI is InChI=1S/C20H29N3O2S2/c1-6-20(4,5)22-15(24)11-26-19-21-17-16(18(25)23(19)7-2)13-9-8-12(3)10-14(13)27-17/h12H,6-11H2,1-5H3,(H,22,24). The molecule has 1 aliphatic rings. The minimum absolute atomic E-state index is 0.0249. The Hall–Kier alpha value is -1.34. The van der Waals surface area contributed by atoms with Gasteiger partial charge in [0, 0.05) is 17.0 Å². The molecule has 1 atom stereocenters. The second-order valence-electron chi connectivity index (χ2n) is 8.05. The number of aromatic nitrogens is 2. The van der Waals surface area contributed by atoms with Crippen LogP contribution in [0.1, 0.15) is 57.9 Å². The molecule has 2 aromatic rings. The van der Waals surface area contributed by atoms with Crippen LogP contribution >= 0.6 is 23.1 Å². The number of hydrogen-bond acceptors (Lipinski definition) is 5. The van der Waals surface area contributed by atoms with Gasteiger partial charge in [0.15, 0.2) is 5.16 Å². The van der Waals surface area contributed by atoms with Gasteiger partial charge in [-0.1, -0.05) is 25.6 Å². The molecule has 1 unspecified atom stereocenters. The minimum atomic E-state index is -0.219. The monoisotopic (exact) mass is 407 g/mol. The van der Waals surface area contributed by atoms with E-state index in [1.165, 1.54) is 22.2 Å². The van der Waals surface area contributed by atoms with Gasteiger partial charge in [-0.2, -0.15) is 0 Å². The zero-order valence-corrected chi connectivity index (χ0v) is 18.5. The smallest absolute Gasteiger partial charge is 0.263 e. The third-order valence-electron chi connectivity index (χ3n) is 5.39. The quantitative estimate of drug-likeness (QED) is 0.581. The fourth-order valence-electron chi connectivity index (χ4n) is 3.43. The van der Waals surface area contributed by atoms with Gasteiger partial charge in [0.2, 0.25) is 5.91 Å². The number of thiophene rings is 1. The first-order chi connectivity index (χ1) is 12.8. The maximum atomic E-state index is 13.1. The lowest BCUT2D eigenvalue weighted by atomic mass is 9.89. The average Bonchev–Trinajstić information content (AvgIpc) is 2.97. The van der Waals surface area contributed by atoms with Gasteiger partial charge in [-0.05, 0) is 57.9 Å². The molecule has 1 aliphatic carbocycles. The molecule has 2 aromatic heterocycles. The van der Waals surface area contributed by atoms with Crippen molar-refractivity contribution >= 4 is 39.2 Å². The number of thioether (sulfide) groups is 1. The van der Waals surface area contributed by atoms with Crippen molar-refractivity contribution in [3.05, 3.63) is 20.8 Å². The Morgan fingerprint density at radius 2 is 2.15 bits per heavy atom. The number of carbonyl (C=O) groups excluding carboxylic acids is 1. The van der Waals surface area contributed by atoms with E-state index in [1.807, 2.05) is 20.8 Å². The van der Waals surface area contributed by atoms with E-state index in [0.717, 1.165) is 35.9 Å². The molecule has 1 N–H and O–H groups in total. The molecule has 27 heavy (non-hydrogen) atoms. The zero-order chi connectivity index (χ0) is 19.8. The van der Waals surface area contributed by atoms with Gasteiger partial charge in [0.25, 0.3) is 5.56 Å². The second-order valence-corrected chi connectivity index (χ2v) is 10.1. The molecule has 7 heteroatoms. The lowest BCUT2D eigenvalue weighted by molar-refractivity contribution is -0.120. The van der Waals surface area contributed by atoms with Gasteiger partial charge < -0.3 is 5.32 Å². The van der Waals surface area contributed by atoms with Crippen LogP contribution in [-0.2, 0) is 24.2 Å². The molecule has 5 nitrogen and oxygen atoms in total. The summed E-state index contributed by atoms with van der Waals surface area (Å²) in [5, 5.41) is 4.49. The van der Waals surface area contributed by atoms with Crippen molar-refractivity contribution in [1.29, 1.82) is 0 Å². The summed E-state index contributed by atoms with van der Waals surface area (Å²) in [5.74, 6) is 0.908. The number of nitrogens with one attached hydrogen (secondary N) is 1. The van der Waals surface area contributed by atoms with Crippen molar-refractivity contribution in [3.8, 4) is 0 Å². The predicted octanol–water partition coefficient (Wildman–Crippen LogP) is 4.00. The van der Waals surface area contributed by atoms with Gasteiger partial charge in [0.05, 0.1) is 11.1 Å². The highest BCUT2D eigenvalue weighted by Gasteiger charge is 2.25. The Kier molecular flexibility index (Phi) is 6.01. The largest absolute Gasteiger partial charge is 0.351 e. The maximum absolute atomic E-state index is 13.1. The minimum Gasteiger partial charge on any atom is -0.351 e. The van der Waals surface area contributed by atoms with Crippen molar-refractivity contribution in [2.75, 3.05) is 5.75 Å². The van der Waals surface area contributed by atoms with E-state index in [4.69, 9.17) is 4.98 Å². The second kappa shape index (κ2) is 7.95. The molecule has 3 rings (SSSR count). The summed E-state index contributed by atoms with van der Waals surface area (Å²) in [6.07, 6.45) is 4.01. The molecule has 0 radical (unpaired) electrons. The summed E-state index contributed by atoms with van der Waals surface area (Å²) in [5.41, 5.74) is 1.04. The van der Waals surface area contributed by atoms with E-state index in [1.54, 1.807) is 15.9 Å². The van der Waals surface area contributed by atoms with Gasteiger partial charge in [-0.25, -0.2) is 4.98 Å². The van der Waals surface area contributed by atoms with Crippen molar-refractivity contribution in [1.82, 2.24) is 14.9 Å². The van der Waals surface area contributed by atoms with E-state index in [-0.39, 0.29) is 22.8 Å². The number of nitrogens with zero attached hydrogens (tertiary/aromatic N) is 2. The Balaban J connectivity index is 1.90. The Morgan fingerprint density at radius 3 is 2.81 bits per heavy atom. The van der Waals surface area contributed by atoms with Crippen LogP contribution in [0, 0.1) is 5.92 Å². The van der Waals surface area contributed by atoms with Crippen molar-refractivity contribution in [2.24, 2.45) is 5.92 Å². The normalized spacial score (nSPS) is 17.1. The summed E-state index contributed by atoms with van der Waals surface area (Å²) in [6.45, 7) is 10.9. The fourth-order valence-corrected chi connectivity index (χ4v) is 5.71. The van der Waals surface area contributed by atoms with Crippen LogP contribution in [0.3, 0.4) is 0 Å². The first-order valence-corrected chi connectivity index (χ1v) is 11.5. The van der Waals surface area contributed by atoms with E-state index in [2.05, 4.69) is 19.2 Å². The maximum Gasteiger partial charge on any atom is 0.263 e. The summed E-state index contributed by atoms with van der Waals surface area (Å²) in [4.78, 5) is 32.4. The molecule has 0 aliphatic heterocycles. The van der Waals surface area contributed by atoms with E-state index in [0.29, 0.717) is 17.6 Å². The van der Waals surface area contributed by atoms with Crippen LogP contribution in [0.15, 0.2) is 9.95 Å². The molecular weight excluding hydrogens is 378 g/mol. The van der Waals surface area contributed by atoms with Gasteiger partial charge in [-0.15, -0.1) is 11.3 Å². The number of rotatable bonds is 6. The van der Waals surface area contributed by atoms with Crippen molar-refractivity contribution in [2.45, 2.75) is 77.5 Å². The summed E-state index contributed by atoms with van der Waals surface area (Å²) in [7, 11) is 0. The predicted molar refractivity (Wildman–Crippen MR) is 114 cm³/mol. The third-order valence-corrected chi connectivity index (χ3v) is 7.52. The Bertz CT molecular complexity index is 914. The molecule has 0 spiro atoms. The molecule has 0 saturated heterocycles. The van der Waals surface area contributed by atoms with Gasteiger partial charge in [0.1, 0.15) is 4.83 Å². The number of amides is 1. The number of fused-ring (bicyclic) bond motifs is 3. The van der Waals surface area contributed by atoms with Crippen LogP contribution < -0.4 is 10.9 Å². The highest BCUT2D eigenvalue weighted by atomic mass is 32.2. The first-order valence-electron chi connectivity index (χ1n) is 9.74. The van der Waals surface area contributed by atoms with Crippen molar-refractivity contribution < 1.29 is 4.79 Å². The lowest BCUT2D eigenvalue weighted by Crippen LogP contribution is -2.43. The molecule has 0 bridgehead atoms. The van der Waals surface area contributed by atoms with E-state index >= 15 is 0 Å². The zero-order valence-electron chi connectivity index (χ0n) is 16.8. The topological polar surface area (TPSA) is 64.0 Å². The lowest BCUT2D eigenvalue weighted by Gasteiger charge is -2.24. The van der Waals surface area contributed by atoms with Crippen LogP contribution in [0.4, 0.5) is 0 Å².